The Morgan fingerprint density at radius 3 is 2.18 bits per heavy atom. The van der Waals surface area contributed by atoms with Crippen LogP contribution in [-0.4, -0.2) is 27.2 Å². The molecule has 0 radical (unpaired) electrons. The molecule has 7 nitrogen and oxygen atoms in total. The summed E-state index contributed by atoms with van der Waals surface area (Å²) >= 11 is 0. The molecule has 1 N–H and O–H groups in total. The normalized spacial score (nSPS) is 11.0. The molecule has 38 heavy (non-hydrogen) atoms. The van der Waals surface area contributed by atoms with Crippen molar-refractivity contribution >= 4 is 27.3 Å². The van der Waals surface area contributed by atoms with Crippen LogP contribution in [0.5, 0.6) is 17.2 Å². The minimum atomic E-state index is -3.73. The predicted octanol–water partition coefficient (Wildman–Crippen LogP) is 6.24. The van der Waals surface area contributed by atoms with Crippen molar-refractivity contribution in [3.63, 3.8) is 0 Å². The van der Waals surface area contributed by atoms with Gasteiger partial charge in [-0.2, -0.15) is 0 Å². The van der Waals surface area contributed by atoms with Crippen molar-refractivity contribution in [3.8, 4) is 17.2 Å². The van der Waals surface area contributed by atoms with Crippen molar-refractivity contribution in [1.82, 2.24) is 0 Å². The molecule has 0 fully saturated rings. The molecule has 196 valence electrons. The number of sulfonamides is 1. The maximum Gasteiger partial charge on any atom is 0.255 e. The lowest BCUT2D eigenvalue weighted by Crippen LogP contribution is -2.29. The van der Waals surface area contributed by atoms with Crippen LogP contribution in [0.15, 0.2) is 97.1 Å². The van der Waals surface area contributed by atoms with Gasteiger partial charge in [-0.15, -0.1) is 0 Å². The van der Waals surface area contributed by atoms with E-state index in [1.54, 1.807) is 42.5 Å². The van der Waals surface area contributed by atoms with Gasteiger partial charge < -0.3 is 14.8 Å². The molecule has 4 aromatic rings. The Kier molecular flexibility index (Phi) is 8.28. The van der Waals surface area contributed by atoms with Crippen LogP contribution in [0.3, 0.4) is 0 Å². The Morgan fingerprint density at radius 2 is 1.55 bits per heavy atom. The fourth-order valence-electron chi connectivity index (χ4n) is 3.74. The molecule has 4 aromatic carbocycles. The average Bonchev–Trinajstić information content (AvgIpc) is 2.90. The fraction of sp³-hybridized carbons (Fsp3) is 0.138. The van der Waals surface area contributed by atoms with Gasteiger partial charge in [0.05, 0.1) is 25.1 Å². The predicted molar refractivity (Wildman–Crippen MR) is 146 cm³/mol. The molecule has 1 amide bonds. The Bertz CT molecular complexity index is 1490. The Morgan fingerprint density at radius 1 is 0.895 bits per heavy atom. The van der Waals surface area contributed by atoms with E-state index in [9.17, 15) is 17.6 Å². The molecule has 0 aliphatic heterocycles. The number of anilines is 2. The number of para-hydroxylation sites is 1. The quantitative estimate of drug-likeness (QED) is 0.261. The van der Waals surface area contributed by atoms with Gasteiger partial charge >= 0.3 is 0 Å². The summed E-state index contributed by atoms with van der Waals surface area (Å²) in [7, 11) is -3.73. The first kappa shape index (κ1) is 26.7. The largest absolute Gasteiger partial charge is 0.494 e. The summed E-state index contributed by atoms with van der Waals surface area (Å²) in [5.41, 5.74) is 1.67. The molecule has 0 aromatic heterocycles. The number of ether oxygens (including phenoxy) is 2. The van der Waals surface area contributed by atoms with Crippen molar-refractivity contribution < 1.29 is 27.1 Å². The molecule has 0 aliphatic rings. The van der Waals surface area contributed by atoms with Gasteiger partial charge in [-0.25, -0.2) is 12.8 Å². The maximum absolute atomic E-state index is 13.4. The summed E-state index contributed by atoms with van der Waals surface area (Å²) in [6, 6.07) is 26.3. The molecule has 0 atom stereocenters. The zero-order valence-corrected chi connectivity index (χ0v) is 21.7. The molecule has 0 heterocycles. The van der Waals surface area contributed by atoms with Crippen molar-refractivity contribution in [2.24, 2.45) is 0 Å². The van der Waals surface area contributed by atoms with Crippen LogP contribution in [0.1, 0.15) is 22.8 Å². The second-order valence-corrected chi connectivity index (χ2v) is 10.3. The van der Waals surface area contributed by atoms with Crippen LogP contribution in [0.4, 0.5) is 15.8 Å². The summed E-state index contributed by atoms with van der Waals surface area (Å²) < 4.78 is 51.2. The van der Waals surface area contributed by atoms with E-state index in [-0.39, 0.29) is 12.5 Å². The molecule has 0 spiro atoms. The highest BCUT2D eigenvalue weighted by molar-refractivity contribution is 7.92. The van der Waals surface area contributed by atoms with Crippen LogP contribution >= 0.6 is 0 Å². The number of halogens is 1. The van der Waals surface area contributed by atoms with E-state index in [1.807, 2.05) is 37.3 Å². The monoisotopic (exact) mass is 534 g/mol. The van der Waals surface area contributed by atoms with Gasteiger partial charge in [0, 0.05) is 16.8 Å². The van der Waals surface area contributed by atoms with E-state index < -0.39 is 15.8 Å². The summed E-state index contributed by atoms with van der Waals surface area (Å²) in [4.78, 5) is 13.0. The smallest absolute Gasteiger partial charge is 0.255 e. The maximum atomic E-state index is 13.4. The molecular formula is C29H27FN2O5S. The van der Waals surface area contributed by atoms with Crippen molar-refractivity contribution in [2.75, 3.05) is 22.5 Å². The first-order valence-electron chi connectivity index (χ1n) is 11.9. The standard InChI is InChI=1S/C29H27FN2O5S/c1-3-36-28-18-9-21(19-22(28)20-32(38(2,34)35)25-14-10-23(30)11-15-25)29(33)31-24-12-16-27(17-13-24)37-26-7-5-4-6-8-26/h4-19H,3,20H2,1-2H3,(H,31,33). The van der Waals surface area contributed by atoms with Crippen molar-refractivity contribution in [3.05, 3.63) is 114 Å². The molecule has 0 bridgehead atoms. The lowest BCUT2D eigenvalue weighted by molar-refractivity contribution is 0.102. The molecule has 0 saturated carbocycles. The second kappa shape index (κ2) is 11.8. The van der Waals surface area contributed by atoms with E-state index >= 15 is 0 Å². The molecule has 9 heteroatoms. The highest BCUT2D eigenvalue weighted by atomic mass is 32.2. The van der Waals surface area contributed by atoms with Crippen LogP contribution < -0.4 is 19.1 Å². The number of amides is 1. The number of carbonyl (C=O) groups excluding carboxylic acids is 1. The number of carbonyl (C=O) groups is 1. The Balaban J connectivity index is 1.54. The Hall–Kier alpha value is -4.37. The van der Waals surface area contributed by atoms with E-state index in [0.29, 0.717) is 46.4 Å². The summed E-state index contributed by atoms with van der Waals surface area (Å²) in [6.07, 6.45) is 1.07. The summed E-state index contributed by atoms with van der Waals surface area (Å²) in [5.74, 6) is 0.922. The summed E-state index contributed by atoms with van der Waals surface area (Å²) in [5, 5.41) is 2.84. The van der Waals surface area contributed by atoms with Crippen LogP contribution in [0.2, 0.25) is 0 Å². The second-order valence-electron chi connectivity index (χ2n) is 8.40. The number of hydrogen-bond donors (Lipinski definition) is 1. The van der Waals surface area contributed by atoms with Crippen LogP contribution in [-0.2, 0) is 16.6 Å². The third kappa shape index (κ3) is 6.89. The molecule has 0 aliphatic carbocycles. The number of hydrogen-bond acceptors (Lipinski definition) is 5. The minimum Gasteiger partial charge on any atom is -0.494 e. The highest BCUT2D eigenvalue weighted by Crippen LogP contribution is 2.28. The van der Waals surface area contributed by atoms with Gasteiger partial charge in [0.2, 0.25) is 10.0 Å². The van der Waals surface area contributed by atoms with Crippen molar-refractivity contribution in [1.29, 1.82) is 0 Å². The lowest BCUT2D eigenvalue weighted by atomic mass is 10.1. The number of nitrogens with zero attached hydrogens (tertiary/aromatic N) is 1. The van der Waals surface area contributed by atoms with E-state index in [0.717, 1.165) is 10.6 Å². The van der Waals surface area contributed by atoms with E-state index in [4.69, 9.17) is 9.47 Å². The number of nitrogens with one attached hydrogen (secondary N) is 1. The fourth-order valence-corrected chi connectivity index (χ4v) is 4.62. The van der Waals surface area contributed by atoms with Crippen LogP contribution in [0, 0.1) is 5.82 Å². The van der Waals surface area contributed by atoms with E-state index in [2.05, 4.69) is 5.32 Å². The molecular weight excluding hydrogens is 507 g/mol. The van der Waals surface area contributed by atoms with Crippen LogP contribution in [0.25, 0.3) is 0 Å². The topological polar surface area (TPSA) is 84.9 Å². The third-order valence-electron chi connectivity index (χ3n) is 5.54. The number of benzene rings is 4. The van der Waals surface area contributed by atoms with E-state index in [1.165, 1.54) is 24.3 Å². The van der Waals surface area contributed by atoms with Gasteiger partial charge in [-0.1, -0.05) is 18.2 Å². The summed E-state index contributed by atoms with van der Waals surface area (Å²) in [6.45, 7) is 2.06. The first-order valence-corrected chi connectivity index (χ1v) is 13.7. The highest BCUT2D eigenvalue weighted by Gasteiger charge is 2.21. The van der Waals surface area contributed by atoms with Gasteiger partial charge in [0.1, 0.15) is 23.1 Å². The number of rotatable bonds is 10. The van der Waals surface area contributed by atoms with Gasteiger partial charge in [0.15, 0.2) is 0 Å². The van der Waals surface area contributed by atoms with Gasteiger partial charge in [-0.05, 0) is 85.8 Å². The lowest BCUT2D eigenvalue weighted by Gasteiger charge is -2.24. The first-order chi connectivity index (χ1) is 18.2. The Labute approximate surface area is 221 Å². The van der Waals surface area contributed by atoms with Gasteiger partial charge in [0.25, 0.3) is 5.91 Å². The zero-order valence-electron chi connectivity index (χ0n) is 20.9. The molecule has 0 saturated heterocycles. The minimum absolute atomic E-state index is 0.105. The third-order valence-corrected chi connectivity index (χ3v) is 6.68. The molecule has 0 unspecified atom stereocenters. The van der Waals surface area contributed by atoms with Crippen molar-refractivity contribution in [2.45, 2.75) is 13.5 Å². The SMILES string of the molecule is CCOc1ccc(C(=O)Nc2ccc(Oc3ccccc3)cc2)cc1CN(c1ccc(F)cc1)S(C)(=O)=O. The zero-order chi connectivity index (χ0) is 27.1. The van der Waals surface area contributed by atoms with Gasteiger partial charge in [-0.3, -0.25) is 9.10 Å². The molecule has 4 rings (SSSR count). The average molecular weight is 535 g/mol.